The molecule has 0 saturated heterocycles. The average molecular weight is 463 g/mol. The van der Waals surface area contributed by atoms with Gasteiger partial charge in [0.25, 0.3) is 0 Å². The van der Waals surface area contributed by atoms with Crippen LogP contribution in [0.4, 0.5) is 11.4 Å². The smallest absolute Gasteiger partial charge is 0.303 e. The number of benzene rings is 3. The molecule has 3 aromatic rings. The monoisotopic (exact) mass is 462 g/mol. The molecular weight excluding hydrogens is 436 g/mol. The SMILES string of the molecule is Cc1cc(C)cc(NC(=O)C(Sc2cccc(NC(=O)CCC(=O)O)c2)c2ccccc2)c1. The molecule has 6 nitrogen and oxygen atoms in total. The molecular formula is C26H26N2O4S. The highest BCUT2D eigenvalue weighted by molar-refractivity contribution is 8.00. The third-order valence-corrected chi connectivity index (χ3v) is 6.02. The maximum absolute atomic E-state index is 13.3. The van der Waals surface area contributed by atoms with Crippen molar-refractivity contribution in [1.29, 1.82) is 0 Å². The normalized spacial score (nSPS) is 11.5. The quantitative estimate of drug-likeness (QED) is 0.361. The Hall–Kier alpha value is -3.58. The second-order valence-electron chi connectivity index (χ2n) is 7.74. The first kappa shape index (κ1) is 24.1. The van der Waals surface area contributed by atoms with Gasteiger partial charge in [0.2, 0.25) is 11.8 Å². The molecule has 2 amide bonds. The number of carbonyl (C=O) groups excluding carboxylic acids is 2. The highest BCUT2D eigenvalue weighted by Gasteiger charge is 2.22. The van der Waals surface area contributed by atoms with Crippen LogP contribution in [0.2, 0.25) is 0 Å². The molecule has 0 aliphatic carbocycles. The van der Waals surface area contributed by atoms with Gasteiger partial charge in [0, 0.05) is 22.7 Å². The van der Waals surface area contributed by atoms with Crippen LogP contribution in [0.25, 0.3) is 0 Å². The first-order valence-corrected chi connectivity index (χ1v) is 11.4. The van der Waals surface area contributed by atoms with Gasteiger partial charge in [-0.05, 0) is 60.9 Å². The van der Waals surface area contributed by atoms with Crippen molar-refractivity contribution in [2.24, 2.45) is 0 Å². The number of thioether (sulfide) groups is 1. The maximum atomic E-state index is 13.3. The van der Waals surface area contributed by atoms with Gasteiger partial charge < -0.3 is 15.7 Å². The van der Waals surface area contributed by atoms with Crippen molar-refractivity contribution < 1.29 is 19.5 Å². The van der Waals surface area contributed by atoms with E-state index in [-0.39, 0.29) is 24.7 Å². The predicted octanol–water partition coefficient (Wildman–Crippen LogP) is 5.58. The van der Waals surface area contributed by atoms with Crippen molar-refractivity contribution >= 4 is 40.9 Å². The van der Waals surface area contributed by atoms with E-state index in [1.54, 1.807) is 18.2 Å². The van der Waals surface area contributed by atoms with Crippen molar-refractivity contribution in [3.8, 4) is 0 Å². The number of aryl methyl sites for hydroxylation is 2. The molecule has 0 spiro atoms. The first-order valence-electron chi connectivity index (χ1n) is 10.5. The van der Waals surface area contributed by atoms with Crippen molar-refractivity contribution in [2.75, 3.05) is 10.6 Å². The predicted molar refractivity (Wildman–Crippen MR) is 132 cm³/mol. The lowest BCUT2D eigenvalue weighted by atomic mass is 10.1. The standard InChI is InChI=1S/C26H26N2O4S/c1-17-13-18(2)15-21(14-17)28-26(32)25(19-7-4-3-5-8-19)33-22-10-6-9-20(16-22)27-23(29)11-12-24(30)31/h3-10,13-16,25H,11-12H2,1-2H3,(H,27,29)(H,28,32)(H,30,31). The number of carbonyl (C=O) groups is 3. The van der Waals surface area contributed by atoms with Gasteiger partial charge in [-0.1, -0.05) is 42.5 Å². The first-order chi connectivity index (χ1) is 15.8. The Morgan fingerprint density at radius 2 is 1.52 bits per heavy atom. The molecule has 0 fully saturated rings. The summed E-state index contributed by atoms with van der Waals surface area (Å²) < 4.78 is 0. The summed E-state index contributed by atoms with van der Waals surface area (Å²) in [5, 5.41) is 14.0. The zero-order valence-corrected chi connectivity index (χ0v) is 19.3. The largest absolute Gasteiger partial charge is 0.481 e. The lowest BCUT2D eigenvalue weighted by Gasteiger charge is -2.18. The second kappa shape index (κ2) is 11.3. The Balaban J connectivity index is 1.79. The lowest BCUT2D eigenvalue weighted by molar-refractivity contribution is -0.138. The van der Waals surface area contributed by atoms with Crippen LogP contribution in [0.15, 0.2) is 77.7 Å². The molecule has 0 bridgehead atoms. The number of amides is 2. The number of aliphatic carboxylic acids is 1. The summed E-state index contributed by atoms with van der Waals surface area (Å²) in [6.45, 7) is 3.98. The van der Waals surface area contributed by atoms with E-state index in [0.717, 1.165) is 27.3 Å². The van der Waals surface area contributed by atoms with E-state index in [1.807, 2.05) is 62.4 Å². The van der Waals surface area contributed by atoms with Crippen LogP contribution in [-0.4, -0.2) is 22.9 Å². The van der Waals surface area contributed by atoms with Gasteiger partial charge in [0.1, 0.15) is 5.25 Å². The number of hydrogen-bond acceptors (Lipinski definition) is 4. The Labute approximate surface area is 197 Å². The van der Waals surface area contributed by atoms with E-state index in [4.69, 9.17) is 5.11 Å². The van der Waals surface area contributed by atoms with E-state index in [0.29, 0.717) is 5.69 Å². The van der Waals surface area contributed by atoms with Crippen molar-refractivity contribution in [3.05, 3.63) is 89.5 Å². The molecule has 33 heavy (non-hydrogen) atoms. The minimum atomic E-state index is -1.02. The molecule has 170 valence electrons. The molecule has 0 saturated carbocycles. The summed E-state index contributed by atoms with van der Waals surface area (Å²) in [7, 11) is 0. The zero-order valence-electron chi connectivity index (χ0n) is 18.5. The molecule has 0 heterocycles. The van der Waals surface area contributed by atoms with Gasteiger partial charge in [-0.3, -0.25) is 14.4 Å². The fourth-order valence-electron chi connectivity index (χ4n) is 3.38. The van der Waals surface area contributed by atoms with Gasteiger partial charge >= 0.3 is 5.97 Å². The van der Waals surface area contributed by atoms with Crippen LogP contribution in [-0.2, 0) is 14.4 Å². The van der Waals surface area contributed by atoms with Crippen molar-refractivity contribution in [3.63, 3.8) is 0 Å². The lowest BCUT2D eigenvalue weighted by Crippen LogP contribution is -2.19. The van der Waals surface area contributed by atoms with Crippen LogP contribution < -0.4 is 10.6 Å². The van der Waals surface area contributed by atoms with E-state index >= 15 is 0 Å². The highest BCUT2D eigenvalue weighted by Crippen LogP contribution is 2.37. The molecule has 1 atom stereocenters. The van der Waals surface area contributed by atoms with E-state index in [1.165, 1.54) is 11.8 Å². The minimum Gasteiger partial charge on any atom is -0.481 e. The van der Waals surface area contributed by atoms with Gasteiger partial charge in [-0.15, -0.1) is 11.8 Å². The topological polar surface area (TPSA) is 95.5 Å². The van der Waals surface area contributed by atoms with Crippen molar-refractivity contribution in [1.82, 2.24) is 0 Å². The Kier molecular flexibility index (Phi) is 8.27. The summed E-state index contributed by atoms with van der Waals surface area (Å²) in [6, 6.07) is 22.6. The molecule has 3 rings (SSSR count). The fourth-order valence-corrected chi connectivity index (χ4v) is 4.47. The van der Waals surface area contributed by atoms with Crippen molar-refractivity contribution in [2.45, 2.75) is 36.8 Å². The third kappa shape index (κ3) is 7.50. The number of anilines is 2. The third-order valence-electron chi connectivity index (χ3n) is 4.77. The molecule has 0 radical (unpaired) electrons. The van der Waals surface area contributed by atoms with Gasteiger partial charge in [0.05, 0.1) is 6.42 Å². The Morgan fingerprint density at radius 1 is 0.818 bits per heavy atom. The number of nitrogens with one attached hydrogen (secondary N) is 2. The number of carboxylic acids is 1. The summed E-state index contributed by atoms with van der Waals surface area (Å²) in [6.07, 6.45) is -0.327. The second-order valence-corrected chi connectivity index (χ2v) is 8.92. The Morgan fingerprint density at radius 3 is 2.18 bits per heavy atom. The van der Waals surface area contributed by atoms with E-state index in [9.17, 15) is 14.4 Å². The molecule has 3 aromatic carbocycles. The van der Waals surface area contributed by atoms with Crippen LogP contribution in [0.1, 0.15) is 34.8 Å². The van der Waals surface area contributed by atoms with Crippen LogP contribution in [0.5, 0.6) is 0 Å². The molecule has 7 heteroatoms. The summed E-state index contributed by atoms with van der Waals surface area (Å²) in [5.41, 5.74) is 4.30. The zero-order chi connectivity index (χ0) is 23.8. The number of rotatable bonds is 9. The van der Waals surface area contributed by atoms with Gasteiger partial charge in [-0.25, -0.2) is 0 Å². The van der Waals surface area contributed by atoms with Crippen LogP contribution in [0, 0.1) is 13.8 Å². The molecule has 1 unspecified atom stereocenters. The summed E-state index contributed by atoms with van der Waals surface area (Å²) in [4.78, 5) is 36.8. The summed E-state index contributed by atoms with van der Waals surface area (Å²) >= 11 is 1.38. The van der Waals surface area contributed by atoms with E-state index < -0.39 is 11.2 Å². The molecule has 3 N–H and O–H groups in total. The van der Waals surface area contributed by atoms with Crippen LogP contribution >= 0.6 is 11.8 Å². The van der Waals surface area contributed by atoms with E-state index in [2.05, 4.69) is 16.7 Å². The van der Waals surface area contributed by atoms with Gasteiger partial charge in [-0.2, -0.15) is 0 Å². The minimum absolute atomic E-state index is 0.0995. The van der Waals surface area contributed by atoms with Gasteiger partial charge in [0.15, 0.2) is 0 Å². The summed E-state index contributed by atoms with van der Waals surface area (Å²) in [5.74, 6) is -1.53. The number of carboxylic acid groups (broad SMARTS) is 1. The number of hydrogen-bond donors (Lipinski definition) is 3. The Bertz CT molecular complexity index is 1130. The molecule has 0 aliphatic heterocycles. The van der Waals surface area contributed by atoms with Crippen LogP contribution in [0.3, 0.4) is 0 Å². The average Bonchev–Trinajstić information content (AvgIpc) is 2.76. The fraction of sp³-hybridized carbons (Fsp3) is 0.192. The molecule has 0 aliphatic rings. The maximum Gasteiger partial charge on any atom is 0.303 e. The highest BCUT2D eigenvalue weighted by atomic mass is 32.2. The molecule has 0 aromatic heterocycles.